The molecule has 0 unspecified atom stereocenters. The molecular formula is C14H29N3O3. The molecule has 0 aromatic carbocycles. The van der Waals surface area contributed by atoms with Crippen LogP contribution in [0.25, 0.3) is 0 Å². The van der Waals surface area contributed by atoms with Crippen LogP contribution in [0.15, 0.2) is 0 Å². The van der Waals surface area contributed by atoms with Gasteiger partial charge in [-0.3, -0.25) is 9.59 Å². The number of carbonyl (C=O) groups is 2. The minimum Gasteiger partial charge on any atom is -0.391 e. The fourth-order valence-electron chi connectivity index (χ4n) is 2.01. The summed E-state index contributed by atoms with van der Waals surface area (Å²) >= 11 is 0. The topological polar surface area (TPSA) is 118 Å². The van der Waals surface area contributed by atoms with E-state index in [0.717, 1.165) is 0 Å². The van der Waals surface area contributed by atoms with E-state index in [1.165, 1.54) is 0 Å². The minimum atomic E-state index is -0.912. The van der Waals surface area contributed by atoms with E-state index in [0.29, 0.717) is 18.8 Å². The third-order valence-electron chi connectivity index (χ3n) is 3.02. The third-order valence-corrected chi connectivity index (χ3v) is 3.02. The van der Waals surface area contributed by atoms with Crippen LogP contribution in [-0.4, -0.2) is 35.1 Å². The van der Waals surface area contributed by atoms with Crippen molar-refractivity contribution in [3.8, 4) is 0 Å². The Balaban J connectivity index is 4.34. The second-order valence-corrected chi connectivity index (χ2v) is 6.22. The van der Waals surface area contributed by atoms with Crippen molar-refractivity contribution in [1.82, 2.24) is 5.32 Å². The first-order chi connectivity index (χ1) is 9.13. The van der Waals surface area contributed by atoms with E-state index >= 15 is 0 Å². The number of rotatable bonds is 9. The Morgan fingerprint density at radius 3 is 2.00 bits per heavy atom. The molecule has 0 aromatic rings. The number of aliphatic hydroxyl groups is 1. The molecule has 6 heteroatoms. The molecule has 0 heterocycles. The number of primary amides is 1. The summed E-state index contributed by atoms with van der Waals surface area (Å²) in [4.78, 5) is 23.1. The van der Waals surface area contributed by atoms with Crippen LogP contribution in [0, 0.1) is 11.8 Å². The van der Waals surface area contributed by atoms with Crippen LogP contribution in [0.5, 0.6) is 0 Å². The lowest BCUT2D eigenvalue weighted by molar-refractivity contribution is -0.129. The highest BCUT2D eigenvalue weighted by Gasteiger charge is 2.23. The molecule has 0 aliphatic carbocycles. The van der Waals surface area contributed by atoms with E-state index in [1.807, 2.05) is 27.7 Å². The third kappa shape index (κ3) is 8.12. The number of hydrogen-bond acceptors (Lipinski definition) is 4. The number of hydrogen-bond donors (Lipinski definition) is 4. The predicted molar refractivity (Wildman–Crippen MR) is 78.6 cm³/mol. The summed E-state index contributed by atoms with van der Waals surface area (Å²) in [6.07, 6.45) is 0.0926. The second-order valence-electron chi connectivity index (χ2n) is 6.22. The summed E-state index contributed by atoms with van der Waals surface area (Å²) in [5.41, 5.74) is 11.1. The normalized spacial score (nSPS) is 16.0. The lowest BCUT2D eigenvalue weighted by Crippen LogP contribution is -2.47. The van der Waals surface area contributed by atoms with Crippen molar-refractivity contribution in [3.05, 3.63) is 0 Å². The molecule has 0 saturated heterocycles. The molecule has 0 aliphatic rings. The quantitative estimate of drug-likeness (QED) is 0.482. The largest absolute Gasteiger partial charge is 0.391 e. The summed E-state index contributed by atoms with van der Waals surface area (Å²) in [6.45, 7) is 7.88. The minimum absolute atomic E-state index is 0.115. The van der Waals surface area contributed by atoms with E-state index in [1.54, 1.807) is 0 Å². The van der Waals surface area contributed by atoms with Gasteiger partial charge in [0, 0.05) is 6.04 Å². The molecule has 0 aromatic heterocycles. The van der Waals surface area contributed by atoms with Gasteiger partial charge in [-0.25, -0.2) is 0 Å². The van der Waals surface area contributed by atoms with Gasteiger partial charge in [0.1, 0.15) is 6.04 Å². The summed E-state index contributed by atoms with van der Waals surface area (Å²) in [7, 11) is 0. The van der Waals surface area contributed by atoms with E-state index in [9.17, 15) is 14.7 Å². The average Bonchev–Trinajstić information content (AvgIpc) is 2.25. The highest BCUT2D eigenvalue weighted by Crippen LogP contribution is 2.09. The molecule has 118 valence electrons. The van der Waals surface area contributed by atoms with Gasteiger partial charge in [-0.2, -0.15) is 0 Å². The van der Waals surface area contributed by atoms with Gasteiger partial charge in [-0.05, 0) is 24.7 Å². The maximum atomic E-state index is 11.8. The van der Waals surface area contributed by atoms with E-state index in [4.69, 9.17) is 11.5 Å². The summed E-state index contributed by atoms with van der Waals surface area (Å²) in [5.74, 6) is -0.378. The van der Waals surface area contributed by atoms with Gasteiger partial charge in [-0.1, -0.05) is 27.7 Å². The standard InChI is InChI=1S/C14H29N3O3/c1-8(2)5-10(15)12(18)7-13(19)17-11(14(16)20)6-9(3)4/h8-12,18H,5-7,15H2,1-4H3,(H2,16,20)(H,17,19)/t10-,11-,12-/m0/s1. The van der Waals surface area contributed by atoms with Crippen molar-refractivity contribution in [1.29, 1.82) is 0 Å². The van der Waals surface area contributed by atoms with Crippen LogP contribution in [0.3, 0.4) is 0 Å². The molecule has 6 nitrogen and oxygen atoms in total. The molecule has 0 rings (SSSR count). The van der Waals surface area contributed by atoms with Gasteiger partial charge in [0.05, 0.1) is 12.5 Å². The zero-order chi connectivity index (χ0) is 15.9. The SMILES string of the molecule is CC(C)C[C@H](NC(=O)C[C@H](O)[C@@H](N)CC(C)C)C(N)=O. The lowest BCUT2D eigenvalue weighted by Gasteiger charge is -2.22. The molecule has 0 aliphatic heterocycles. The zero-order valence-electron chi connectivity index (χ0n) is 12.9. The summed E-state index contributed by atoms with van der Waals surface area (Å²) < 4.78 is 0. The van der Waals surface area contributed by atoms with Crippen LogP contribution in [0.1, 0.15) is 47.0 Å². The summed E-state index contributed by atoms with van der Waals surface area (Å²) in [6, 6.07) is -1.14. The van der Waals surface area contributed by atoms with Crippen molar-refractivity contribution in [2.45, 2.75) is 65.1 Å². The van der Waals surface area contributed by atoms with Gasteiger partial charge in [0.2, 0.25) is 11.8 Å². The first kappa shape index (κ1) is 18.9. The Kier molecular flexibility index (Phi) is 8.41. The predicted octanol–water partition coefficient (Wildman–Crippen LogP) is 0.127. The van der Waals surface area contributed by atoms with E-state index < -0.39 is 30.0 Å². The number of nitrogens with one attached hydrogen (secondary N) is 1. The maximum absolute atomic E-state index is 11.8. The van der Waals surface area contributed by atoms with Crippen molar-refractivity contribution in [2.75, 3.05) is 0 Å². The molecule has 3 atom stereocenters. The highest BCUT2D eigenvalue weighted by molar-refractivity contribution is 5.86. The van der Waals surface area contributed by atoms with Crippen LogP contribution in [0.2, 0.25) is 0 Å². The fraction of sp³-hybridized carbons (Fsp3) is 0.857. The molecule has 0 saturated carbocycles. The molecule has 0 spiro atoms. The van der Waals surface area contributed by atoms with Crippen molar-refractivity contribution >= 4 is 11.8 Å². The number of carbonyl (C=O) groups excluding carboxylic acids is 2. The molecule has 20 heavy (non-hydrogen) atoms. The zero-order valence-corrected chi connectivity index (χ0v) is 12.9. The highest BCUT2D eigenvalue weighted by atomic mass is 16.3. The first-order valence-electron chi connectivity index (χ1n) is 7.15. The van der Waals surface area contributed by atoms with Crippen molar-refractivity contribution in [2.24, 2.45) is 23.3 Å². The number of aliphatic hydroxyl groups excluding tert-OH is 1. The fourth-order valence-corrected chi connectivity index (χ4v) is 2.01. The molecule has 2 amide bonds. The van der Waals surface area contributed by atoms with Gasteiger partial charge in [0.15, 0.2) is 0 Å². The monoisotopic (exact) mass is 287 g/mol. The lowest BCUT2D eigenvalue weighted by atomic mass is 9.97. The molecule has 0 radical (unpaired) electrons. The Morgan fingerprint density at radius 1 is 1.10 bits per heavy atom. The molecule has 0 fully saturated rings. The Labute approximate surface area is 121 Å². The van der Waals surface area contributed by atoms with Gasteiger partial charge in [0.25, 0.3) is 0 Å². The first-order valence-corrected chi connectivity index (χ1v) is 7.15. The van der Waals surface area contributed by atoms with Gasteiger partial charge < -0.3 is 21.9 Å². The molecular weight excluding hydrogens is 258 g/mol. The van der Waals surface area contributed by atoms with Crippen LogP contribution in [-0.2, 0) is 9.59 Å². The summed E-state index contributed by atoms with van der Waals surface area (Å²) in [5, 5.41) is 12.4. The number of amides is 2. The van der Waals surface area contributed by atoms with E-state index in [2.05, 4.69) is 5.32 Å². The Bertz CT molecular complexity index is 319. The molecule has 6 N–H and O–H groups in total. The number of nitrogens with two attached hydrogens (primary N) is 2. The molecule has 0 bridgehead atoms. The second kappa shape index (κ2) is 8.92. The maximum Gasteiger partial charge on any atom is 0.240 e. The van der Waals surface area contributed by atoms with Gasteiger partial charge >= 0.3 is 0 Å². The van der Waals surface area contributed by atoms with Crippen molar-refractivity contribution in [3.63, 3.8) is 0 Å². The van der Waals surface area contributed by atoms with Crippen LogP contribution in [0.4, 0.5) is 0 Å². The van der Waals surface area contributed by atoms with Crippen LogP contribution < -0.4 is 16.8 Å². The smallest absolute Gasteiger partial charge is 0.240 e. The average molecular weight is 287 g/mol. The van der Waals surface area contributed by atoms with E-state index in [-0.39, 0.29) is 12.3 Å². The Morgan fingerprint density at radius 2 is 1.60 bits per heavy atom. The van der Waals surface area contributed by atoms with Gasteiger partial charge in [-0.15, -0.1) is 0 Å². The van der Waals surface area contributed by atoms with Crippen LogP contribution >= 0.6 is 0 Å². The Hall–Kier alpha value is -1.14. The van der Waals surface area contributed by atoms with Crippen molar-refractivity contribution < 1.29 is 14.7 Å².